The van der Waals surface area contributed by atoms with E-state index in [2.05, 4.69) is 4.52 Å². The van der Waals surface area contributed by atoms with Gasteiger partial charge < -0.3 is 8.43 Å². The minimum Gasteiger partial charge on any atom is -0.330 e. The summed E-state index contributed by atoms with van der Waals surface area (Å²) in [6.45, 7) is 7.78. The van der Waals surface area contributed by atoms with Gasteiger partial charge in [-0.15, -0.1) is 0 Å². The molecule has 0 radical (unpaired) electrons. The first-order valence-electron chi connectivity index (χ1n) is 5.34. The Labute approximate surface area is 108 Å². The molecule has 0 aromatic heterocycles. The molecule has 18 heavy (non-hydrogen) atoms. The van der Waals surface area contributed by atoms with Crippen LogP contribution in [0.25, 0.3) is 0 Å². The van der Waals surface area contributed by atoms with E-state index in [4.69, 9.17) is 8.43 Å². The summed E-state index contributed by atoms with van der Waals surface area (Å²) in [5.41, 5.74) is 0. The molecule has 0 saturated heterocycles. The number of hydrogen-bond acceptors (Lipinski definition) is 4. The largest absolute Gasteiger partial charge is 0.459 e. The summed E-state index contributed by atoms with van der Waals surface area (Å²) >= 11 is 0. The number of rotatable bonds is 7. The van der Waals surface area contributed by atoms with Gasteiger partial charge in [0.05, 0.1) is 0 Å². The summed E-state index contributed by atoms with van der Waals surface area (Å²) in [5, 5.41) is 0. The topological polar surface area (TPSA) is 44.8 Å². The fourth-order valence-corrected chi connectivity index (χ4v) is 7.44. The van der Waals surface area contributed by atoms with E-state index < -0.39 is 37.2 Å². The first kappa shape index (κ1) is 18.3. The molecule has 0 rings (SSSR count). The zero-order valence-electron chi connectivity index (χ0n) is 11.4. The van der Waals surface area contributed by atoms with Gasteiger partial charge in [0.15, 0.2) is 23.3 Å². The van der Waals surface area contributed by atoms with Crippen LogP contribution in [0.2, 0.25) is 39.3 Å². The Bertz CT molecular complexity index is 307. The van der Waals surface area contributed by atoms with Crippen LogP contribution in [0.1, 0.15) is 0 Å². The molecule has 10 heteroatoms. The van der Waals surface area contributed by atoms with Crippen molar-refractivity contribution in [1.82, 2.24) is 0 Å². The second kappa shape index (κ2) is 5.76. The Balaban J connectivity index is 5.11. The van der Waals surface area contributed by atoms with Crippen LogP contribution in [-0.4, -0.2) is 29.4 Å². The van der Waals surface area contributed by atoms with Crippen LogP contribution in [0.15, 0.2) is 0 Å². The van der Waals surface area contributed by atoms with Crippen molar-refractivity contribution in [2.75, 3.05) is 6.67 Å². The lowest BCUT2D eigenvalue weighted by molar-refractivity contribution is -0.194. The molecule has 0 aliphatic carbocycles. The third-order valence-electron chi connectivity index (χ3n) is 1.17. The molecule has 0 aliphatic heterocycles. The highest BCUT2D eigenvalue weighted by molar-refractivity contribution is 7.52. The fourth-order valence-electron chi connectivity index (χ4n) is 0.915. The number of phosphoric acid groups is 1. The summed E-state index contributed by atoms with van der Waals surface area (Å²) in [5.74, 6) is 0. The van der Waals surface area contributed by atoms with Crippen LogP contribution >= 0.6 is 7.82 Å². The lowest BCUT2D eigenvalue weighted by Gasteiger charge is -2.31. The van der Waals surface area contributed by atoms with Crippen LogP contribution < -0.4 is 0 Å². The normalized spacial score (nSPS) is 14.9. The van der Waals surface area contributed by atoms with E-state index in [0.717, 1.165) is 0 Å². The first-order chi connectivity index (χ1) is 7.68. The Morgan fingerprint density at radius 2 is 1.33 bits per heavy atom. The molecular weight excluding hydrogens is 304 g/mol. The maximum Gasteiger partial charge on any atom is 0.459 e. The minimum atomic E-state index is -4.47. The monoisotopic (exact) mass is 324 g/mol. The average Bonchev–Trinajstić information content (AvgIpc) is 1.93. The Hall–Kier alpha value is 0.334. The van der Waals surface area contributed by atoms with Crippen molar-refractivity contribution < 1.29 is 30.7 Å². The minimum absolute atomic E-state index is 1.64. The quantitative estimate of drug-likeness (QED) is 0.515. The van der Waals surface area contributed by atoms with Crippen molar-refractivity contribution in [2.45, 2.75) is 45.4 Å². The average molecular weight is 324 g/mol. The summed E-state index contributed by atoms with van der Waals surface area (Å²) in [6, 6.07) is 0. The van der Waals surface area contributed by atoms with Crippen LogP contribution in [0, 0.1) is 0 Å². The van der Waals surface area contributed by atoms with Gasteiger partial charge in [0.1, 0.15) is 0 Å². The molecule has 0 atom stereocenters. The molecule has 0 heterocycles. The number of alkyl halides is 3. The van der Waals surface area contributed by atoms with E-state index in [-0.39, 0.29) is 0 Å². The predicted molar refractivity (Wildman–Crippen MR) is 68.5 cm³/mol. The zero-order valence-corrected chi connectivity index (χ0v) is 14.3. The Kier molecular flexibility index (Phi) is 5.87. The lowest BCUT2D eigenvalue weighted by Crippen LogP contribution is -2.33. The van der Waals surface area contributed by atoms with Gasteiger partial charge in [0, 0.05) is 0 Å². The predicted octanol–water partition coefficient (Wildman–Crippen LogP) is 4.38. The van der Waals surface area contributed by atoms with Crippen molar-refractivity contribution in [2.24, 2.45) is 0 Å². The Morgan fingerprint density at radius 3 is 1.56 bits per heavy atom. The van der Waals surface area contributed by atoms with Gasteiger partial charge in [0.25, 0.3) is 0 Å². The molecule has 0 bridgehead atoms. The molecule has 0 fully saturated rings. The smallest absolute Gasteiger partial charge is 0.330 e. The molecule has 0 amide bonds. The van der Waals surface area contributed by atoms with Crippen LogP contribution in [0.5, 0.6) is 0 Å². The SMILES string of the molecule is C[Si](C)(C)OP(=O)(OC(F)(F)CF)O[Si](C)(C)C. The van der Waals surface area contributed by atoms with Crippen molar-refractivity contribution >= 4 is 24.5 Å². The number of hydrogen-bond donors (Lipinski definition) is 0. The molecule has 0 aromatic carbocycles. The highest BCUT2D eigenvalue weighted by atomic mass is 31.2. The highest BCUT2D eigenvalue weighted by Gasteiger charge is 2.46. The molecule has 0 spiro atoms. The maximum absolute atomic E-state index is 12.9. The van der Waals surface area contributed by atoms with Gasteiger partial charge in [-0.25, -0.2) is 13.5 Å². The maximum atomic E-state index is 12.9. The zero-order chi connectivity index (χ0) is 14.8. The van der Waals surface area contributed by atoms with E-state index in [9.17, 15) is 17.7 Å². The molecule has 0 unspecified atom stereocenters. The van der Waals surface area contributed by atoms with Crippen molar-refractivity contribution in [3.8, 4) is 0 Å². The van der Waals surface area contributed by atoms with Crippen LogP contribution in [-0.2, 0) is 17.5 Å². The molecule has 0 saturated carbocycles. The second-order valence-electron chi connectivity index (χ2n) is 5.72. The standard InChI is InChI=1S/C8H20F3O4PSi2/c1-17(2,3)14-16(12,15-18(4,5)6)13-8(10,11)7-9/h7H2,1-6H3. The van der Waals surface area contributed by atoms with Gasteiger partial charge >= 0.3 is 13.9 Å². The molecule has 0 N–H and O–H groups in total. The molecular formula is C8H20F3O4PSi2. The van der Waals surface area contributed by atoms with E-state index in [1.165, 1.54) is 0 Å². The van der Waals surface area contributed by atoms with Crippen LogP contribution in [0.3, 0.4) is 0 Å². The summed E-state index contributed by atoms with van der Waals surface area (Å²) in [6.07, 6.45) is -4.17. The Morgan fingerprint density at radius 1 is 1.00 bits per heavy atom. The molecule has 0 aromatic rings. The fraction of sp³-hybridized carbons (Fsp3) is 1.00. The van der Waals surface area contributed by atoms with Gasteiger partial charge in [0.2, 0.25) is 0 Å². The van der Waals surface area contributed by atoms with Crippen LogP contribution in [0.4, 0.5) is 13.2 Å². The number of halogens is 3. The van der Waals surface area contributed by atoms with Crippen molar-refractivity contribution in [3.63, 3.8) is 0 Å². The highest BCUT2D eigenvalue weighted by Crippen LogP contribution is 2.57. The van der Waals surface area contributed by atoms with Crippen molar-refractivity contribution in [3.05, 3.63) is 0 Å². The molecule has 4 nitrogen and oxygen atoms in total. The van der Waals surface area contributed by atoms with Gasteiger partial charge in [-0.1, -0.05) is 0 Å². The lowest BCUT2D eigenvalue weighted by atomic mass is 10.7. The first-order valence-corrected chi connectivity index (χ1v) is 13.6. The van der Waals surface area contributed by atoms with E-state index in [1.807, 2.05) is 0 Å². The third kappa shape index (κ3) is 8.44. The van der Waals surface area contributed by atoms with Crippen molar-refractivity contribution in [1.29, 1.82) is 0 Å². The summed E-state index contributed by atoms with van der Waals surface area (Å²) < 4.78 is 64.2. The molecule has 0 aliphatic rings. The van der Waals surface area contributed by atoms with Gasteiger partial charge in [-0.3, -0.25) is 0 Å². The van der Waals surface area contributed by atoms with E-state index in [0.29, 0.717) is 0 Å². The van der Waals surface area contributed by atoms with E-state index >= 15 is 0 Å². The summed E-state index contributed by atoms with van der Waals surface area (Å²) in [7, 11) is -9.37. The van der Waals surface area contributed by atoms with E-state index in [1.54, 1.807) is 39.3 Å². The second-order valence-corrected chi connectivity index (χ2v) is 16.7. The third-order valence-corrected chi connectivity index (χ3v) is 7.83. The van der Waals surface area contributed by atoms with Gasteiger partial charge in [-0.2, -0.15) is 8.78 Å². The summed E-state index contributed by atoms with van der Waals surface area (Å²) in [4.78, 5) is 0. The van der Waals surface area contributed by atoms with Gasteiger partial charge in [-0.05, 0) is 39.3 Å². The molecule has 110 valence electrons.